The molecule has 0 unspecified atom stereocenters. The molecule has 0 aromatic carbocycles. The summed E-state index contributed by atoms with van der Waals surface area (Å²) in [6, 6.07) is 0. The highest BCUT2D eigenvalue weighted by atomic mass is 16.6. The largest absolute Gasteiger partial charge is 0.447 e. The molecule has 0 bridgehead atoms. The zero-order valence-corrected chi connectivity index (χ0v) is 8.21. The van der Waals surface area contributed by atoms with Crippen LogP contribution in [-0.2, 0) is 4.74 Å². The van der Waals surface area contributed by atoms with E-state index in [0.717, 1.165) is 12.8 Å². The number of hydrogen-bond acceptors (Lipinski definition) is 3. The monoisotopic (exact) mass is 189 g/mol. The number of carbonyl (C=O) groups excluding carboxylic acids is 1. The molecule has 4 nitrogen and oxygen atoms in total. The van der Waals surface area contributed by atoms with Gasteiger partial charge in [-0.15, -0.1) is 0 Å². The number of unbranched alkanes of at least 4 members (excludes halogenated alkanes) is 3. The minimum absolute atomic E-state index is 0.0702. The van der Waals surface area contributed by atoms with Crippen molar-refractivity contribution < 1.29 is 14.6 Å². The summed E-state index contributed by atoms with van der Waals surface area (Å²) in [5, 5.41) is 11.0. The van der Waals surface area contributed by atoms with Crippen molar-refractivity contribution in [3.8, 4) is 0 Å². The van der Waals surface area contributed by atoms with Crippen molar-refractivity contribution in [2.24, 2.45) is 0 Å². The maximum Gasteiger partial charge on any atom is 0.407 e. The minimum Gasteiger partial charge on any atom is -0.447 e. The Morgan fingerprint density at radius 1 is 1.38 bits per heavy atom. The molecule has 0 rings (SSSR count). The Hall–Kier alpha value is -0.770. The number of amides is 1. The first-order valence-corrected chi connectivity index (χ1v) is 4.82. The van der Waals surface area contributed by atoms with Gasteiger partial charge in [0.25, 0.3) is 0 Å². The Balaban J connectivity index is 3.08. The second kappa shape index (κ2) is 9.32. The first-order chi connectivity index (χ1) is 6.31. The van der Waals surface area contributed by atoms with Crippen LogP contribution >= 0.6 is 0 Å². The molecule has 0 saturated carbocycles. The average Bonchev–Trinajstić information content (AvgIpc) is 2.14. The second-order valence-electron chi connectivity index (χ2n) is 2.85. The number of aliphatic hydroxyl groups excluding tert-OH is 1. The van der Waals surface area contributed by atoms with E-state index in [1.807, 2.05) is 0 Å². The third-order valence-corrected chi connectivity index (χ3v) is 1.62. The van der Waals surface area contributed by atoms with Gasteiger partial charge in [0.2, 0.25) is 0 Å². The molecule has 0 fully saturated rings. The van der Waals surface area contributed by atoms with Crippen LogP contribution in [0, 0.1) is 0 Å². The summed E-state index contributed by atoms with van der Waals surface area (Å²) < 4.78 is 4.60. The molecule has 0 aliphatic rings. The standard InChI is InChI=1S/C9H19NO3/c1-2-3-4-5-6-10-9(12)13-8-7-11/h11H,2-8H2,1H3,(H,10,12). The summed E-state index contributed by atoms with van der Waals surface area (Å²) in [4.78, 5) is 10.8. The van der Waals surface area contributed by atoms with Gasteiger partial charge in [-0.25, -0.2) is 4.79 Å². The lowest BCUT2D eigenvalue weighted by Crippen LogP contribution is -2.26. The molecule has 0 aliphatic carbocycles. The number of aliphatic hydroxyl groups is 1. The Morgan fingerprint density at radius 2 is 2.15 bits per heavy atom. The second-order valence-corrected chi connectivity index (χ2v) is 2.85. The van der Waals surface area contributed by atoms with Crippen LogP contribution < -0.4 is 5.32 Å². The lowest BCUT2D eigenvalue weighted by molar-refractivity contribution is 0.119. The van der Waals surface area contributed by atoms with Crippen molar-refractivity contribution in [3.05, 3.63) is 0 Å². The molecule has 0 heterocycles. The number of carbonyl (C=O) groups is 1. The zero-order valence-electron chi connectivity index (χ0n) is 8.21. The minimum atomic E-state index is -0.439. The molecular weight excluding hydrogens is 170 g/mol. The van der Waals surface area contributed by atoms with Crippen LogP contribution in [0.4, 0.5) is 4.79 Å². The highest BCUT2D eigenvalue weighted by Crippen LogP contribution is 1.96. The van der Waals surface area contributed by atoms with E-state index >= 15 is 0 Å². The van der Waals surface area contributed by atoms with Gasteiger partial charge in [-0.05, 0) is 6.42 Å². The fourth-order valence-corrected chi connectivity index (χ4v) is 0.932. The maximum absolute atomic E-state index is 10.8. The number of ether oxygens (including phenoxy) is 1. The molecular formula is C9H19NO3. The Kier molecular flexibility index (Phi) is 8.77. The molecule has 0 radical (unpaired) electrons. The molecule has 2 N–H and O–H groups in total. The van der Waals surface area contributed by atoms with Gasteiger partial charge in [0, 0.05) is 6.54 Å². The molecule has 0 aromatic rings. The van der Waals surface area contributed by atoms with E-state index in [9.17, 15) is 4.79 Å². The lowest BCUT2D eigenvalue weighted by Gasteiger charge is -2.04. The Bertz CT molecular complexity index is 128. The van der Waals surface area contributed by atoms with Crippen molar-refractivity contribution in [2.45, 2.75) is 32.6 Å². The maximum atomic E-state index is 10.8. The lowest BCUT2D eigenvalue weighted by atomic mass is 10.2. The van der Waals surface area contributed by atoms with Gasteiger partial charge in [-0.3, -0.25) is 0 Å². The topological polar surface area (TPSA) is 58.6 Å². The van der Waals surface area contributed by atoms with Gasteiger partial charge in [-0.2, -0.15) is 0 Å². The number of hydrogen-bond donors (Lipinski definition) is 2. The van der Waals surface area contributed by atoms with Crippen molar-refractivity contribution >= 4 is 6.09 Å². The predicted molar refractivity (Wildman–Crippen MR) is 50.6 cm³/mol. The van der Waals surface area contributed by atoms with Crippen molar-refractivity contribution in [1.82, 2.24) is 5.32 Å². The third-order valence-electron chi connectivity index (χ3n) is 1.62. The summed E-state index contributed by atoms with van der Waals surface area (Å²) in [5.74, 6) is 0. The molecule has 0 aliphatic heterocycles. The van der Waals surface area contributed by atoms with Gasteiger partial charge in [0.15, 0.2) is 0 Å². The zero-order chi connectivity index (χ0) is 9.94. The average molecular weight is 189 g/mol. The molecule has 13 heavy (non-hydrogen) atoms. The predicted octanol–water partition coefficient (Wildman–Crippen LogP) is 1.29. The molecule has 1 amide bonds. The van der Waals surface area contributed by atoms with E-state index in [1.165, 1.54) is 12.8 Å². The van der Waals surface area contributed by atoms with Gasteiger partial charge >= 0.3 is 6.09 Å². The quantitative estimate of drug-likeness (QED) is 0.593. The molecule has 0 aromatic heterocycles. The van der Waals surface area contributed by atoms with E-state index in [4.69, 9.17) is 5.11 Å². The smallest absolute Gasteiger partial charge is 0.407 e. The fourth-order valence-electron chi connectivity index (χ4n) is 0.932. The van der Waals surface area contributed by atoms with Crippen LogP contribution in [0.2, 0.25) is 0 Å². The Morgan fingerprint density at radius 3 is 2.77 bits per heavy atom. The molecule has 78 valence electrons. The number of nitrogens with one attached hydrogen (secondary N) is 1. The molecule has 4 heteroatoms. The van der Waals surface area contributed by atoms with Crippen LogP contribution in [0.15, 0.2) is 0 Å². The van der Waals surface area contributed by atoms with Gasteiger partial charge in [-0.1, -0.05) is 26.2 Å². The van der Waals surface area contributed by atoms with Crippen LogP contribution in [0.5, 0.6) is 0 Å². The van der Waals surface area contributed by atoms with Crippen LogP contribution in [0.3, 0.4) is 0 Å². The Labute approximate surface area is 79.3 Å². The SMILES string of the molecule is CCCCCCNC(=O)OCCO. The third kappa shape index (κ3) is 9.14. The fraction of sp³-hybridized carbons (Fsp3) is 0.889. The van der Waals surface area contributed by atoms with Gasteiger partial charge in [0.1, 0.15) is 6.61 Å². The van der Waals surface area contributed by atoms with Gasteiger partial charge in [0.05, 0.1) is 6.61 Å². The van der Waals surface area contributed by atoms with Gasteiger partial charge < -0.3 is 15.2 Å². The highest BCUT2D eigenvalue weighted by molar-refractivity contribution is 5.66. The van der Waals surface area contributed by atoms with Crippen molar-refractivity contribution in [1.29, 1.82) is 0 Å². The first kappa shape index (κ1) is 12.2. The molecule has 0 saturated heterocycles. The summed E-state index contributed by atoms with van der Waals surface area (Å²) in [7, 11) is 0. The van der Waals surface area contributed by atoms with E-state index in [0.29, 0.717) is 6.54 Å². The number of rotatable bonds is 7. The number of alkyl carbamates (subject to hydrolysis) is 1. The van der Waals surface area contributed by atoms with Crippen LogP contribution in [0.25, 0.3) is 0 Å². The summed E-state index contributed by atoms with van der Waals surface area (Å²) in [6.45, 7) is 2.75. The summed E-state index contributed by atoms with van der Waals surface area (Å²) >= 11 is 0. The van der Waals surface area contributed by atoms with Crippen molar-refractivity contribution in [2.75, 3.05) is 19.8 Å². The van der Waals surface area contributed by atoms with E-state index < -0.39 is 6.09 Å². The van der Waals surface area contributed by atoms with Crippen LogP contribution in [0.1, 0.15) is 32.6 Å². The van der Waals surface area contributed by atoms with E-state index in [1.54, 1.807) is 0 Å². The van der Waals surface area contributed by atoms with E-state index in [2.05, 4.69) is 17.0 Å². The van der Waals surface area contributed by atoms with Crippen LogP contribution in [-0.4, -0.2) is 31.0 Å². The van der Waals surface area contributed by atoms with E-state index in [-0.39, 0.29) is 13.2 Å². The highest BCUT2D eigenvalue weighted by Gasteiger charge is 1.98. The molecule has 0 atom stereocenters. The summed E-state index contributed by atoms with van der Waals surface area (Å²) in [5.41, 5.74) is 0. The van der Waals surface area contributed by atoms with Crippen molar-refractivity contribution in [3.63, 3.8) is 0 Å². The normalized spacial score (nSPS) is 9.69. The molecule has 0 spiro atoms. The summed E-state index contributed by atoms with van der Waals surface area (Å²) in [6.07, 6.45) is 4.08. The first-order valence-electron chi connectivity index (χ1n) is 4.82.